The zero-order valence-electron chi connectivity index (χ0n) is 20.4. The van der Waals surface area contributed by atoms with E-state index in [0.717, 1.165) is 38.5 Å². The molecule has 0 atom stereocenters. The first-order chi connectivity index (χ1) is 15.1. The van der Waals surface area contributed by atoms with Gasteiger partial charge in [0.2, 0.25) is 0 Å². The van der Waals surface area contributed by atoms with Crippen LogP contribution in [0.3, 0.4) is 0 Å². The second kappa shape index (κ2) is 11.1. The van der Waals surface area contributed by atoms with Gasteiger partial charge in [0.05, 0.1) is 0 Å². The molecule has 0 saturated heterocycles. The third-order valence-corrected chi connectivity index (χ3v) is 9.31. The molecular weight excluding hydrogens is 391 g/mol. The molecule has 0 nitrogen and oxygen atoms in total. The monoisotopic (exact) mass is 430 g/mol. The predicted molar refractivity (Wildman–Crippen MR) is 141 cm³/mol. The molecule has 164 valence electrons. The maximum absolute atomic E-state index is 2.49. The highest BCUT2D eigenvalue weighted by Crippen LogP contribution is 2.39. The summed E-state index contributed by atoms with van der Waals surface area (Å²) in [5.74, 6) is 0. The van der Waals surface area contributed by atoms with Crippen LogP contribution in [0.25, 0.3) is 0 Å². The van der Waals surface area contributed by atoms with Crippen LogP contribution < -0.4 is 15.9 Å². The number of benzene rings is 3. The molecule has 0 amide bonds. The lowest BCUT2D eigenvalue weighted by molar-refractivity contribution is 1.05. The smallest absolute Gasteiger partial charge is 0.00868 e. The molecule has 0 aliphatic heterocycles. The van der Waals surface area contributed by atoms with E-state index in [2.05, 4.69) is 96.1 Å². The van der Waals surface area contributed by atoms with E-state index in [1.54, 1.807) is 32.9 Å². The fourth-order valence-electron chi connectivity index (χ4n) is 4.67. The Bertz CT molecular complexity index is 887. The minimum atomic E-state index is -0.587. The first kappa shape index (κ1) is 23.7. The van der Waals surface area contributed by atoms with Gasteiger partial charge < -0.3 is 0 Å². The Morgan fingerprint density at radius 2 is 0.839 bits per heavy atom. The van der Waals surface area contributed by atoms with Crippen molar-refractivity contribution in [3.63, 3.8) is 0 Å². The Labute approximate surface area is 191 Å². The summed E-state index contributed by atoms with van der Waals surface area (Å²) in [4.78, 5) is 0. The molecule has 0 fully saturated rings. The Hall–Kier alpha value is -1.91. The van der Waals surface area contributed by atoms with E-state index in [0.29, 0.717) is 0 Å². The number of aryl methyl sites for hydroxylation is 6. The Morgan fingerprint density at radius 3 is 1.13 bits per heavy atom. The highest BCUT2D eigenvalue weighted by Gasteiger charge is 2.26. The Balaban J connectivity index is 2.42. The molecule has 0 radical (unpaired) electrons. The summed E-state index contributed by atoms with van der Waals surface area (Å²) in [5, 5.41) is 4.73. The van der Waals surface area contributed by atoms with Crippen molar-refractivity contribution in [1.29, 1.82) is 0 Å². The summed E-state index contributed by atoms with van der Waals surface area (Å²) < 4.78 is 0. The van der Waals surface area contributed by atoms with Crippen LogP contribution in [-0.2, 0) is 38.5 Å². The summed E-state index contributed by atoms with van der Waals surface area (Å²) >= 11 is 0. The molecule has 0 bridgehead atoms. The van der Waals surface area contributed by atoms with E-state index in [-0.39, 0.29) is 0 Å². The number of rotatable bonds is 9. The van der Waals surface area contributed by atoms with Crippen LogP contribution in [0.2, 0.25) is 0 Å². The van der Waals surface area contributed by atoms with E-state index in [9.17, 15) is 0 Å². The summed E-state index contributed by atoms with van der Waals surface area (Å²) in [5.41, 5.74) is 9.16. The molecular formula is C30H39P. The Kier molecular flexibility index (Phi) is 8.50. The molecule has 1 heteroatoms. The van der Waals surface area contributed by atoms with Gasteiger partial charge in [-0.3, -0.25) is 0 Å². The molecule has 0 saturated carbocycles. The molecule has 3 aromatic rings. The lowest BCUT2D eigenvalue weighted by atomic mass is 10.0. The van der Waals surface area contributed by atoms with Gasteiger partial charge in [-0.05, 0) is 95.7 Å². The maximum atomic E-state index is 2.49. The standard InChI is InChI=1S/C30H39P/c1-7-22-18-24(9-3)29(25(10-4)19-22)31(28-16-14-13-15-17-28)30-26(11-5)20-23(8-2)21-27(30)12-6/h13-21H,7-12H2,1-6H3. The molecule has 0 N–H and O–H groups in total. The van der Waals surface area contributed by atoms with Crippen LogP contribution in [0.5, 0.6) is 0 Å². The molecule has 0 aromatic heterocycles. The maximum Gasteiger partial charge on any atom is -0.00868 e. The molecule has 3 aromatic carbocycles. The van der Waals surface area contributed by atoms with Crippen LogP contribution in [0, 0.1) is 0 Å². The van der Waals surface area contributed by atoms with E-state index >= 15 is 0 Å². The summed E-state index contributed by atoms with van der Waals surface area (Å²) in [6, 6.07) is 21.3. The van der Waals surface area contributed by atoms with Crippen molar-refractivity contribution < 1.29 is 0 Å². The van der Waals surface area contributed by atoms with E-state index in [1.807, 2.05) is 0 Å². The van der Waals surface area contributed by atoms with Crippen molar-refractivity contribution in [1.82, 2.24) is 0 Å². The molecule has 0 unspecified atom stereocenters. The van der Waals surface area contributed by atoms with Crippen molar-refractivity contribution in [3.8, 4) is 0 Å². The van der Waals surface area contributed by atoms with Gasteiger partial charge in [-0.25, -0.2) is 0 Å². The van der Waals surface area contributed by atoms with Crippen LogP contribution in [0.4, 0.5) is 0 Å². The third-order valence-electron chi connectivity index (χ3n) is 6.46. The van der Waals surface area contributed by atoms with Crippen molar-refractivity contribution in [2.75, 3.05) is 0 Å². The van der Waals surface area contributed by atoms with Crippen molar-refractivity contribution >= 4 is 23.8 Å². The van der Waals surface area contributed by atoms with Gasteiger partial charge in [0.15, 0.2) is 0 Å². The quantitative estimate of drug-likeness (QED) is 0.327. The third kappa shape index (κ3) is 4.96. The normalized spacial score (nSPS) is 11.3. The zero-order valence-corrected chi connectivity index (χ0v) is 21.3. The molecule has 31 heavy (non-hydrogen) atoms. The highest BCUT2D eigenvalue weighted by atomic mass is 31.1. The van der Waals surface area contributed by atoms with Crippen molar-refractivity contribution in [2.24, 2.45) is 0 Å². The lowest BCUT2D eigenvalue weighted by Gasteiger charge is -2.29. The van der Waals surface area contributed by atoms with E-state index < -0.39 is 7.92 Å². The van der Waals surface area contributed by atoms with Gasteiger partial charge in [-0.2, -0.15) is 0 Å². The largest absolute Gasteiger partial charge is 0.0622 e. The minimum Gasteiger partial charge on any atom is -0.0622 e. The lowest BCUT2D eigenvalue weighted by Crippen LogP contribution is -2.30. The molecule has 0 aliphatic rings. The van der Waals surface area contributed by atoms with Gasteiger partial charge >= 0.3 is 0 Å². The van der Waals surface area contributed by atoms with Crippen LogP contribution >= 0.6 is 7.92 Å². The average molecular weight is 431 g/mol. The topological polar surface area (TPSA) is 0 Å². The highest BCUT2D eigenvalue weighted by molar-refractivity contribution is 7.80. The molecule has 0 heterocycles. The fraction of sp³-hybridized carbons (Fsp3) is 0.400. The minimum absolute atomic E-state index is 0.587. The molecule has 3 rings (SSSR count). The first-order valence-corrected chi connectivity index (χ1v) is 13.6. The van der Waals surface area contributed by atoms with Gasteiger partial charge in [-0.1, -0.05) is 96.1 Å². The van der Waals surface area contributed by atoms with Crippen molar-refractivity contribution in [3.05, 3.63) is 88.0 Å². The predicted octanol–water partition coefficient (Wildman–Crippen LogP) is 6.82. The molecule has 0 spiro atoms. The SMILES string of the molecule is CCc1cc(CC)c(P(c2ccccc2)c2c(CC)cc(CC)cc2CC)c(CC)c1. The second-order valence-electron chi connectivity index (χ2n) is 8.32. The van der Waals surface area contributed by atoms with Crippen molar-refractivity contribution in [2.45, 2.75) is 80.1 Å². The first-order valence-electron chi connectivity index (χ1n) is 12.3. The fourth-order valence-corrected chi connectivity index (χ4v) is 7.92. The van der Waals surface area contributed by atoms with E-state index in [4.69, 9.17) is 0 Å². The second-order valence-corrected chi connectivity index (χ2v) is 10.4. The van der Waals surface area contributed by atoms with Gasteiger partial charge in [-0.15, -0.1) is 0 Å². The zero-order chi connectivity index (χ0) is 22.4. The van der Waals surface area contributed by atoms with Gasteiger partial charge in [0, 0.05) is 0 Å². The summed E-state index contributed by atoms with van der Waals surface area (Å²) in [6.45, 7) is 13.9. The summed E-state index contributed by atoms with van der Waals surface area (Å²) in [6.07, 6.45) is 6.59. The molecule has 0 aliphatic carbocycles. The van der Waals surface area contributed by atoms with Crippen LogP contribution in [0.15, 0.2) is 54.6 Å². The summed E-state index contributed by atoms with van der Waals surface area (Å²) in [7, 11) is -0.587. The van der Waals surface area contributed by atoms with Gasteiger partial charge in [0.25, 0.3) is 0 Å². The van der Waals surface area contributed by atoms with Gasteiger partial charge in [0.1, 0.15) is 0 Å². The Morgan fingerprint density at radius 1 is 0.484 bits per heavy atom. The number of hydrogen-bond acceptors (Lipinski definition) is 0. The van der Waals surface area contributed by atoms with Crippen LogP contribution in [-0.4, -0.2) is 0 Å². The number of hydrogen-bond donors (Lipinski definition) is 0. The van der Waals surface area contributed by atoms with Crippen LogP contribution in [0.1, 0.15) is 74.9 Å². The van der Waals surface area contributed by atoms with E-state index in [1.165, 1.54) is 16.4 Å². The average Bonchev–Trinajstić information content (AvgIpc) is 2.84.